The van der Waals surface area contributed by atoms with E-state index in [0.717, 1.165) is 31.6 Å². The van der Waals surface area contributed by atoms with Crippen LogP contribution in [0.15, 0.2) is 60.7 Å². The van der Waals surface area contributed by atoms with Gasteiger partial charge in [-0.05, 0) is 30.0 Å². The van der Waals surface area contributed by atoms with Crippen LogP contribution in [-0.2, 0) is 4.79 Å². The Morgan fingerprint density at radius 2 is 1.79 bits per heavy atom. The van der Waals surface area contributed by atoms with Crippen LogP contribution in [0.3, 0.4) is 0 Å². The molecule has 1 aliphatic heterocycles. The number of nitrogens with one attached hydrogen (secondary N) is 1. The molecule has 0 saturated carbocycles. The first kappa shape index (κ1) is 16.5. The van der Waals surface area contributed by atoms with Gasteiger partial charge in [-0.1, -0.05) is 48.5 Å². The molecule has 0 aromatic heterocycles. The fourth-order valence-corrected chi connectivity index (χ4v) is 3.22. The molecule has 0 bridgehead atoms. The first-order valence-corrected chi connectivity index (χ1v) is 8.59. The Morgan fingerprint density at radius 1 is 1.12 bits per heavy atom. The van der Waals surface area contributed by atoms with E-state index in [1.165, 1.54) is 5.69 Å². The predicted octanol–water partition coefficient (Wildman–Crippen LogP) is 2.72. The van der Waals surface area contributed by atoms with Gasteiger partial charge in [0, 0.05) is 37.8 Å². The van der Waals surface area contributed by atoms with Gasteiger partial charge in [-0.25, -0.2) is 0 Å². The van der Waals surface area contributed by atoms with Crippen molar-refractivity contribution in [1.29, 1.82) is 0 Å². The largest absolute Gasteiger partial charge is 0.371 e. The number of carbonyl (C=O) groups excluding carboxylic acids is 1. The third kappa shape index (κ3) is 4.36. The average Bonchev–Trinajstić information content (AvgIpc) is 3.10. The van der Waals surface area contributed by atoms with Gasteiger partial charge < -0.3 is 16.0 Å². The molecule has 2 atom stereocenters. The van der Waals surface area contributed by atoms with E-state index in [0.29, 0.717) is 12.3 Å². The molecule has 3 N–H and O–H groups in total. The maximum absolute atomic E-state index is 12.1. The summed E-state index contributed by atoms with van der Waals surface area (Å²) in [6.07, 6.45) is 1.44. The fraction of sp³-hybridized carbons (Fsp3) is 0.350. The second-order valence-corrected chi connectivity index (χ2v) is 6.46. The van der Waals surface area contributed by atoms with Crippen LogP contribution in [0.5, 0.6) is 0 Å². The second-order valence-electron chi connectivity index (χ2n) is 6.46. The molecule has 0 spiro atoms. The van der Waals surface area contributed by atoms with Crippen molar-refractivity contribution in [1.82, 2.24) is 5.32 Å². The predicted molar refractivity (Wildman–Crippen MR) is 97.8 cm³/mol. The SMILES string of the molecule is NC(CC(=O)NCC1CCN(c2ccccc2)C1)c1ccccc1. The number of hydrogen-bond acceptors (Lipinski definition) is 3. The van der Waals surface area contributed by atoms with Gasteiger partial charge >= 0.3 is 0 Å². The molecule has 126 valence electrons. The van der Waals surface area contributed by atoms with Crippen molar-refractivity contribution >= 4 is 11.6 Å². The number of rotatable bonds is 6. The molecule has 1 heterocycles. The van der Waals surface area contributed by atoms with Gasteiger partial charge in [-0.15, -0.1) is 0 Å². The molecule has 4 nitrogen and oxygen atoms in total. The molecule has 1 fully saturated rings. The Kier molecular flexibility index (Phi) is 5.49. The summed E-state index contributed by atoms with van der Waals surface area (Å²) in [7, 11) is 0. The number of nitrogens with zero attached hydrogens (tertiary/aromatic N) is 1. The number of hydrogen-bond donors (Lipinski definition) is 2. The van der Waals surface area contributed by atoms with Crippen LogP contribution in [0.25, 0.3) is 0 Å². The summed E-state index contributed by atoms with van der Waals surface area (Å²) in [5.41, 5.74) is 8.37. The van der Waals surface area contributed by atoms with E-state index in [9.17, 15) is 4.79 Å². The third-order valence-electron chi connectivity index (χ3n) is 4.63. The number of nitrogens with two attached hydrogens (primary N) is 1. The molecular weight excluding hydrogens is 298 g/mol. The molecular formula is C20H25N3O. The van der Waals surface area contributed by atoms with Gasteiger partial charge in [0.15, 0.2) is 0 Å². The van der Waals surface area contributed by atoms with E-state index < -0.39 is 0 Å². The van der Waals surface area contributed by atoms with Crippen molar-refractivity contribution in [2.24, 2.45) is 11.7 Å². The molecule has 24 heavy (non-hydrogen) atoms. The number of anilines is 1. The minimum atomic E-state index is -0.240. The van der Waals surface area contributed by atoms with Crippen LogP contribution in [0, 0.1) is 5.92 Å². The molecule has 0 aliphatic carbocycles. The number of benzene rings is 2. The van der Waals surface area contributed by atoms with Gasteiger partial charge in [-0.2, -0.15) is 0 Å². The summed E-state index contributed by atoms with van der Waals surface area (Å²) >= 11 is 0. The van der Waals surface area contributed by atoms with Gasteiger partial charge in [0.25, 0.3) is 0 Å². The molecule has 4 heteroatoms. The molecule has 1 aliphatic rings. The Balaban J connectivity index is 1.42. The van der Waals surface area contributed by atoms with Crippen LogP contribution < -0.4 is 16.0 Å². The van der Waals surface area contributed by atoms with Gasteiger partial charge in [0.2, 0.25) is 5.91 Å². The Labute approximate surface area is 143 Å². The first-order chi connectivity index (χ1) is 11.7. The summed E-state index contributed by atoms with van der Waals surface area (Å²) in [5, 5.41) is 3.05. The monoisotopic (exact) mass is 323 g/mol. The zero-order valence-corrected chi connectivity index (χ0v) is 13.9. The van der Waals surface area contributed by atoms with Crippen molar-refractivity contribution in [3.05, 3.63) is 66.2 Å². The Bertz CT molecular complexity index is 644. The lowest BCUT2D eigenvalue weighted by molar-refractivity contribution is -0.121. The number of para-hydroxylation sites is 1. The van der Waals surface area contributed by atoms with E-state index in [1.54, 1.807) is 0 Å². The fourth-order valence-electron chi connectivity index (χ4n) is 3.22. The highest BCUT2D eigenvalue weighted by Gasteiger charge is 2.23. The highest BCUT2D eigenvalue weighted by Crippen LogP contribution is 2.23. The normalized spacial score (nSPS) is 18.4. The highest BCUT2D eigenvalue weighted by molar-refractivity contribution is 5.76. The van der Waals surface area contributed by atoms with E-state index in [2.05, 4.69) is 34.5 Å². The van der Waals surface area contributed by atoms with Gasteiger partial charge in [0.1, 0.15) is 0 Å². The van der Waals surface area contributed by atoms with Crippen LogP contribution in [-0.4, -0.2) is 25.5 Å². The number of carbonyl (C=O) groups is 1. The zero-order chi connectivity index (χ0) is 16.8. The summed E-state index contributed by atoms with van der Waals surface area (Å²) in [4.78, 5) is 14.5. The standard InChI is InChI=1S/C20H25N3O/c21-19(17-7-3-1-4-8-17)13-20(24)22-14-16-11-12-23(15-16)18-9-5-2-6-10-18/h1-10,16,19H,11-15,21H2,(H,22,24). The van der Waals surface area contributed by atoms with Gasteiger partial charge in [0.05, 0.1) is 0 Å². The second kappa shape index (κ2) is 7.97. The lowest BCUT2D eigenvalue weighted by Crippen LogP contribution is -2.32. The molecule has 1 amide bonds. The molecule has 0 radical (unpaired) electrons. The summed E-state index contributed by atoms with van der Waals surface area (Å²) < 4.78 is 0. The molecule has 1 saturated heterocycles. The van der Waals surface area contributed by atoms with Crippen molar-refractivity contribution in [3.8, 4) is 0 Å². The highest BCUT2D eigenvalue weighted by atomic mass is 16.1. The summed E-state index contributed by atoms with van der Waals surface area (Å²) in [6.45, 7) is 2.77. The third-order valence-corrected chi connectivity index (χ3v) is 4.63. The van der Waals surface area contributed by atoms with Crippen LogP contribution in [0.1, 0.15) is 24.4 Å². The summed E-state index contributed by atoms with van der Waals surface area (Å²) in [5.74, 6) is 0.534. The quantitative estimate of drug-likeness (QED) is 0.859. The van der Waals surface area contributed by atoms with Crippen molar-refractivity contribution in [2.45, 2.75) is 18.9 Å². The Morgan fingerprint density at radius 3 is 2.50 bits per heavy atom. The lowest BCUT2D eigenvalue weighted by atomic mass is 10.0. The van der Waals surface area contributed by atoms with E-state index >= 15 is 0 Å². The average molecular weight is 323 g/mol. The van der Waals surface area contributed by atoms with E-state index in [4.69, 9.17) is 5.73 Å². The maximum Gasteiger partial charge on any atom is 0.221 e. The topological polar surface area (TPSA) is 58.4 Å². The number of amides is 1. The first-order valence-electron chi connectivity index (χ1n) is 8.59. The van der Waals surface area contributed by atoms with Crippen molar-refractivity contribution in [3.63, 3.8) is 0 Å². The van der Waals surface area contributed by atoms with E-state index in [-0.39, 0.29) is 11.9 Å². The molecule has 2 aromatic rings. The van der Waals surface area contributed by atoms with Crippen LogP contribution in [0.4, 0.5) is 5.69 Å². The zero-order valence-electron chi connectivity index (χ0n) is 13.9. The van der Waals surface area contributed by atoms with Crippen molar-refractivity contribution in [2.75, 3.05) is 24.5 Å². The van der Waals surface area contributed by atoms with Crippen LogP contribution in [0.2, 0.25) is 0 Å². The Hall–Kier alpha value is -2.33. The lowest BCUT2D eigenvalue weighted by Gasteiger charge is -2.19. The molecule has 2 aromatic carbocycles. The minimum Gasteiger partial charge on any atom is -0.371 e. The van der Waals surface area contributed by atoms with Crippen molar-refractivity contribution < 1.29 is 4.79 Å². The maximum atomic E-state index is 12.1. The van der Waals surface area contributed by atoms with Gasteiger partial charge in [-0.3, -0.25) is 4.79 Å². The minimum absolute atomic E-state index is 0.0320. The summed E-state index contributed by atoms with van der Waals surface area (Å²) in [6, 6.07) is 20.0. The molecule has 3 rings (SSSR count). The smallest absolute Gasteiger partial charge is 0.221 e. The van der Waals surface area contributed by atoms with E-state index in [1.807, 2.05) is 36.4 Å². The molecule has 2 unspecified atom stereocenters. The van der Waals surface area contributed by atoms with Crippen LogP contribution >= 0.6 is 0 Å².